The number of rotatable bonds is 4. The summed E-state index contributed by atoms with van der Waals surface area (Å²) in [4.78, 5) is 2.85. The summed E-state index contributed by atoms with van der Waals surface area (Å²) in [6.45, 7) is 8.72. The van der Waals surface area contributed by atoms with Gasteiger partial charge in [-0.2, -0.15) is 0 Å². The van der Waals surface area contributed by atoms with E-state index in [1.807, 2.05) is 0 Å². The van der Waals surface area contributed by atoms with Crippen LogP contribution >= 0.6 is 0 Å². The van der Waals surface area contributed by atoms with Gasteiger partial charge in [-0.05, 0) is 50.9 Å². The van der Waals surface area contributed by atoms with E-state index < -0.39 is 0 Å². The van der Waals surface area contributed by atoms with Gasteiger partial charge in [0.1, 0.15) is 0 Å². The van der Waals surface area contributed by atoms with Gasteiger partial charge in [-0.25, -0.2) is 0 Å². The van der Waals surface area contributed by atoms with Crippen LogP contribution in [0.4, 0.5) is 0 Å². The quantitative estimate of drug-likeness (QED) is 0.825. The number of piperazine rings is 1. The first-order chi connectivity index (χ1) is 8.71. The van der Waals surface area contributed by atoms with Crippen LogP contribution < -0.4 is 5.32 Å². The smallest absolute Gasteiger partial charge is 0.0304 e. The number of hydrogen-bond donors (Lipinski definition) is 1. The molecule has 0 amide bonds. The van der Waals surface area contributed by atoms with Crippen molar-refractivity contribution in [3.63, 3.8) is 0 Å². The summed E-state index contributed by atoms with van der Waals surface area (Å²) in [6.07, 6.45) is 10.1. The minimum atomic E-state index is 0.411. The van der Waals surface area contributed by atoms with E-state index in [9.17, 15) is 0 Å². The maximum Gasteiger partial charge on any atom is 0.0304 e. The highest BCUT2D eigenvalue weighted by atomic mass is 15.3. The SMILES string of the molecule is CCC1(C)CNC(C2CC2)CN1CC1CCCC1. The molecule has 104 valence electrons. The fourth-order valence-corrected chi connectivity index (χ4v) is 3.95. The zero-order chi connectivity index (χ0) is 12.6. The van der Waals surface area contributed by atoms with Crippen LogP contribution in [0.15, 0.2) is 0 Å². The minimum Gasteiger partial charge on any atom is -0.311 e. The van der Waals surface area contributed by atoms with Crippen molar-refractivity contribution in [3.8, 4) is 0 Å². The third-order valence-electron chi connectivity index (χ3n) is 5.83. The fourth-order valence-electron chi connectivity index (χ4n) is 3.95. The van der Waals surface area contributed by atoms with Gasteiger partial charge in [0.05, 0.1) is 0 Å². The van der Waals surface area contributed by atoms with Gasteiger partial charge in [-0.1, -0.05) is 19.8 Å². The van der Waals surface area contributed by atoms with Crippen molar-refractivity contribution in [3.05, 3.63) is 0 Å². The lowest BCUT2D eigenvalue weighted by Crippen LogP contribution is -2.64. The van der Waals surface area contributed by atoms with Crippen LogP contribution in [0.25, 0.3) is 0 Å². The van der Waals surface area contributed by atoms with E-state index in [0.29, 0.717) is 5.54 Å². The average Bonchev–Trinajstić information content (AvgIpc) is 3.11. The molecule has 2 aliphatic carbocycles. The Balaban J connectivity index is 1.64. The van der Waals surface area contributed by atoms with Gasteiger partial charge in [-0.3, -0.25) is 4.90 Å². The Morgan fingerprint density at radius 1 is 1.17 bits per heavy atom. The summed E-state index contributed by atoms with van der Waals surface area (Å²) in [6, 6.07) is 0.797. The number of nitrogens with one attached hydrogen (secondary N) is 1. The molecule has 1 aliphatic heterocycles. The molecular weight excluding hydrogens is 220 g/mol. The Bertz CT molecular complexity index is 279. The van der Waals surface area contributed by atoms with Gasteiger partial charge in [-0.15, -0.1) is 0 Å². The molecule has 3 aliphatic rings. The van der Waals surface area contributed by atoms with Crippen molar-refractivity contribution >= 4 is 0 Å². The van der Waals surface area contributed by atoms with Crippen LogP contribution in [0.5, 0.6) is 0 Å². The first-order valence-corrected chi connectivity index (χ1v) is 8.20. The molecule has 0 radical (unpaired) electrons. The van der Waals surface area contributed by atoms with Crippen LogP contribution in [-0.2, 0) is 0 Å². The second-order valence-corrected chi connectivity index (χ2v) is 7.23. The van der Waals surface area contributed by atoms with Gasteiger partial charge in [0.25, 0.3) is 0 Å². The standard InChI is InChI=1S/C16H30N2/c1-3-16(2)12-17-15(14-8-9-14)11-18(16)10-13-6-4-5-7-13/h13-15,17H,3-12H2,1-2H3. The van der Waals surface area contributed by atoms with Crippen molar-refractivity contribution < 1.29 is 0 Å². The first-order valence-electron chi connectivity index (χ1n) is 8.20. The van der Waals surface area contributed by atoms with Crippen molar-refractivity contribution in [1.29, 1.82) is 0 Å². The van der Waals surface area contributed by atoms with E-state index in [-0.39, 0.29) is 0 Å². The molecule has 1 saturated heterocycles. The van der Waals surface area contributed by atoms with Gasteiger partial charge in [0, 0.05) is 31.2 Å². The summed E-state index contributed by atoms with van der Waals surface area (Å²) < 4.78 is 0. The maximum absolute atomic E-state index is 3.84. The van der Waals surface area contributed by atoms with Crippen LogP contribution in [0.1, 0.15) is 58.8 Å². The molecule has 0 aromatic rings. The van der Waals surface area contributed by atoms with E-state index in [1.54, 1.807) is 0 Å². The van der Waals surface area contributed by atoms with Crippen molar-refractivity contribution in [1.82, 2.24) is 10.2 Å². The highest BCUT2D eigenvalue weighted by Gasteiger charge is 2.42. The molecule has 2 atom stereocenters. The molecule has 2 nitrogen and oxygen atoms in total. The van der Waals surface area contributed by atoms with E-state index in [2.05, 4.69) is 24.1 Å². The maximum atomic E-state index is 3.84. The first kappa shape index (κ1) is 12.9. The second-order valence-electron chi connectivity index (χ2n) is 7.23. The van der Waals surface area contributed by atoms with E-state index in [4.69, 9.17) is 0 Å². The van der Waals surface area contributed by atoms with Crippen molar-refractivity contribution in [2.24, 2.45) is 11.8 Å². The second kappa shape index (κ2) is 5.13. The Morgan fingerprint density at radius 2 is 1.89 bits per heavy atom. The summed E-state index contributed by atoms with van der Waals surface area (Å²) in [5.41, 5.74) is 0.411. The molecule has 0 aromatic carbocycles. The monoisotopic (exact) mass is 250 g/mol. The highest BCUT2D eigenvalue weighted by molar-refractivity contribution is 5.00. The van der Waals surface area contributed by atoms with Crippen molar-refractivity contribution in [2.75, 3.05) is 19.6 Å². The predicted octanol–water partition coefficient (Wildman–Crippen LogP) is 3.03. The number of hydrogen-bond acceptors (Lipinski definition) is 2. The summed E-state index contributed by atoms with van der Waals surface area (Å²) in [5, 5.41) is 3.84. The molecule has 18 heavy (non-hydrogen) atoms. The van der Waals surface area contributed by atoms with E-state index >= 15 is 0 Å². The van der Waals surface area contributed by atoms with E-state index in [1.165, 1.54) is 64.6 Å². The molecule has 1 heterocycles. The molecule has 2 unspecified atom stereocenters. The lowest BCUT2D eigenvalue weighted by molar-refractivity contribution is 0.0311. The van der Waals surface area contributed by atoms with Crippen LogP contribution in [0.3, 0.4) is 0 Å². The van der Waals surface area contributed by atoms with Gasteiger partial charge in [0.2, 0.25) is 0 Å². The lowest BCUT2D eigenvalue weighted by atomic mass is 9.89. The highest BCUT2D eigenvalue weighted by Crippen LogP contribution is 2.37. The largest absolute Gasteiger partial charge is 0.311 e. The topological polar surface area (TPSA) is 15.3 Å². The van der Waals surface area contributed by atoms with Crippen LogP contribution in [0, 0.1) is 11.8 Å². The minimum absolute atomic E-state index is 0.411. The third-order valence-corrected chi connectivity index (χ3v) is 5.83. The Kier molecular flexibility index (Phi) is 3.68. The van der Waals surface area contributed by atoms with Crippen LogP contribution in [-0.4, -0.2) is 36.1 Å². The average molecular weight is 250 g/mol. The van der Waals surface area contributed by atoms with Gasteiger partial charge >= 0.3 is 0 Å². The zero-order valence-electron chi connectivity index (χ0n) is 12.3. The molecule has 3 rings (SSSR count). The van der Waals surface area contributed by atoms with Gasteiger partial charge in [0.15, 0.2) is 0 Å². The molecule has 2 heteroatoms. The molecule has 2 saturated carbocycles. The Hall–Kier alpha value is -0.0800. The normalized spacial score (nSPS) is 39.3. The van der Waals surface area contributed by atoms with E-state index in [0.717, 1.165) is 17.9 Å². The Morgan fingerprint density at radius 3 is 2.50 bits per heavy atom. The fraction of sp³-hybridized carbons (Fsp3) is 1.00. The molecule has 0 aromatic heterocycles. The van der Waals surface area contributed by atoms with Crippen molar-refractivity contribution in [2.45, 2.75) is 70.4 Å². The molecule has 1 N–H and O–H groups in total. The Labute approximate surface area is 113 Å². The summed E-state index contributed by atoms with van der Waals surface area (Å²) in [5.74, 6) is 1.99. The third kappa shape index (κ3) is 2.60. The van der Waals surface area contributed by atoms with Gasteiger partial charge < -0.3 is 5.32 Å². The van der Waals surface area contributed by atoms with Crippen LogP contribution in [0.2, 0.25) is 0 Å². The molecule has 3 fully saturated rings. The summed E-state index contributed by atoms with van der Waals surface area (Å²) >= 11 is 0. The number of nitrogens with zero attached hydrogens (tertiary/aromatic N) is 1. The molecular formula is C16H30N2. The molecule has 0 spiro atoms. The predicted molar refractivity (Wildman–Crippen MR) is 76.7 cm³/mol. The zero-order valence-corrected chi connectivity index (χ0v) is 12.3. The lowest BCUT2D eigenvalue weighted by Gasteiger charge is -2.49. The molecule has 0 bridgehead atoms. The summed E-state index contributed by atoms with van der Waals surface area (Å²) in [7, 11) is 0.